The van der Waals surface area contributed by atoms with Gasteiger partial charge in [-0.3, -0.25) is 9.59 Å². The van der Waals surface area contributed by atoms with E-state index < -0.39 is 5.91 Å². The highest BCUT2D eigenvalue weighted by Crippen LogP contribution is 2.28. The highest BCUT2D eigenvalue weighted by molar-refractivity contribution is 6.02. The summed E-state index contributed by atoms with van der Waals surface area (Å²) in [5.74, 6) is 0.346. The zero-order valence-electron chi connectivity index (χ0n) is 17.2. The van der Waals surface area contributed by atoms with E-state index in [0.717, 1.165) is 0 Å². The van der Waals surface area contributed by atoms with E-state index in [0.29, 0.717) is 34.2 Å². The van der Waals surface area contributed by atoms with Gasteiger partial charge in [-0.25, -0.2) is 4.39 Å². The molecule has 0 spiro atoms. The summed E-state index contributed by atoms with van der Waals surface area (Å²) in [6.45, 7) is -0.264. The molecule has 0 bridgehead atoms. The van der Waals surface area contributed by atoms with E-state index in [9.17, 15) is 14.0 Å². The lowest BCUT2D eigenvalue weighted by atomic mass is 10.2. The number of methoxy groups -OCH3 is 1. The zero-order valence-corrected chi connectivity index (χ0v) is 17.2. The molecule has 3 aromatic carbocycles. The van der Waals surface area contributed by atoms with Crippen LogP contribution in [0.5, 0.6) is 23.0 Å². The first-order valence-electron chi connectivity index (χ1n) is 9.54. The first-order valence-corrected chi connectivity index (χ1v) is 9.54. The van der Waals surface area contributed by atoms with Gasteiger partial charge in [0.25, 0.3) is 5.91 Å². The molecule has 3 rings (SSSR count). The number of hydrogen-bond acceptors (Lipinski definition) is 5. The summed E-state index contributed by atoms with van der Waals surface area (Å²) in [7, 11) is 1.47. The molecular formula is C24H21FN2O5. The van der Waals surface area contributed by atoms with Gasteiger partial charge in [0.1, 0.15) is 17.3 Å². The third-order valence-corrected chi connectivity index (χ3v) is 4.14. The first-order chi connectivity index (χ1) is 15.4. The Balaban J connectivity index is 1.58. The number of rotatable bonds is 9. The Bertz CT molecular complexity index is 1130. The molecule has 0 saturated carbocycles. The van der Waals surface area contributed by atoms with Gasteiger partial charge < -0.3 is 25.3 Å². The van der Waals surface area contributed by atoms with Crippen LogP contribution in [0.25, 0.3) is 6.08 Å². The van der Waals surface area contributed by atoms with Crippen molar-refractivity contribution in [2.75, 3.05) is 19.0 Å². The molecule has 0 aliphatic rings. The standard InChI is InChI=1S/C24H21FN2O5/c1-30-22-13-16(5-11-21(22)31-15-23(26)28)6-12-24(29)27-18-7-9-19(10-8-18)32-20-4-2-3-17(25)14-20/h2-14H,15H2,1H3,(H2,26,28)(H,27,29). The molecule has 0 atom stereocenters. The average Bonchev–Trinajstić information content (AvgIpc) is 2.78. The van der Waals surface area contributed by atoms with E-state index in [-0.39, 0.29) is 18.3 Å². The molecule has 164 valence electrons. The zero-order chi connectivity index (χ0) is 22.9. The minimum atomic E-state index is -0.596. The summed E-state index contributed by atoms with van der Waals surface area (Å²) >= 11 is 0. The Morgan fingerprint density at radius 3 is 2.47 bits per heavy atom. The SMILES string of the molecule is COc1cc(C=CC(=O)Nc2ccc(Oc3cccc(F)c3)cc2)ccc1OCC(N)=O. The van der Waals surface area contributed by atoms with Crippen molar-refractivity contribution in [2.24, 2.45) is 5.73 Å². The van der Waals surface area contributed by atoms with Crippen molar-refractivity contribution >= 4 is 23.6 Å². The molecule has 3 N–H and O–H groups in total. The van der Waals surface area contributed by atoms with Crippen LogP contribution in [0.15, 0.2) is 72.8 Å². The first kappa shape index (κ1) is 22.4. The summed E-state index contributed by atoms with van der Waals surface area (Å²) in [6.07, 6.45) is 2.98. The fraction of sp³-hybridized carbons (Fsp3) is 0.0833. The number of primary amides is 1. The number of nitrogens with one attached hydrogen (secondary N) is 1. The van der Waals surface area contributed by atoms with Crippen molar-refractivity contribution < 1.29 is 28.2 Å². The second kappa shape index (κ2) is 10.6. The number of hydrogen-bond donors (Lipinski definition) is 2. The normalized spacial score (nSPS) is 10.6. The minimum absolute atomic E-state index is 0.264. The van der Waals surface area contributed by atoms with Gasteiger partial charge in [-0.2, -0.15) is 0 Å². The molecular weight excluding hydrogens is 415 g/mol. The van der Waals surface area contributed by atoms with E-state index in [1.54, 1.807) is 60.7 Å². The number of carbonyl (C=O) groups is 2. The van der Waals surface area contributed by atoms with Crippen LogP contribution in [-0.2, 0) is 9.59 Å². The topological polar surface area (TPSA) is 99.9 Å². The molecule has 0 unspecified atom stereocenters. The van der Waals surface area contributed by atoms with Crippen LogP contribution >= 0.6 is 0 Å². The third-order valence-electron chi connectivity index (χ3n) is 4.14. The van der Waals surface area contributed by atoms with Gasteiger partial charge in [-0.1, -0.05) is 12.1 Å². The van der Waals surface area contributed by atoms with Gasteiger partial charge in [0.15, 0.2) is 18.1 Å². The van der Waals surface area contributed by atoms with Crippen LogP contribution in [0.1, 0.15) is 5.56 Å². The van der Waals surface area contributed by atoms with E-state index in [1.165, 1.54) is 25.3 Å². The van der Waals surface area contributed by atoms with Crippen molar-refractivity contribution in [3.8, 4) is 23.0 Å². The second-order valence-electron chi connectivity index (χ2n) is 6.57. The van der Waals surface area contributed by atoms with Crippen LogP contribution in [0.2, 0.25) is 0 Å². The number of amides is 2. The fourth-order valence-corrected chi connectivity index (χ4v) is 2.68. The number of anilines is 1. The van der Waals surface area contributed by atoms with Crippen molar-refractivity contribution in [1.82, 2.24) is 0 Å². The van der Waals surface area contributed by atoms with Crippen LogP contribution in [0.4, 0.5) is 10.1 Å². The largest absolute Gasteiger partial charge is 0.493 e. The quantitative estimate of drug-likeness (QED) is 0.491. The predicted octanol–water partition coefficient (Wildman–Crippen LogP) is 4.14. The van der Waals surface area contributed by atoms with Gasteiger partial charge in [-0.05, 0) is 60.2 Å². The summed E-state index contributed by atoms with van der Waals surface area (Å²) in [5, 5.41) is 2.74. The maximum atomic E-state index is 13.2. The molecule has 0 fully saturated rings. The highest BCUT2D eigenvalue weighted by Gasteiger charge is 2.07. The van der Waals surface area contributed by atoms with Crippen molar-refractivity contribution in [2.45, 2.75) is 0 Å². The van der Waals surface area contributed by atoms with Crippen LogP contribution in [0, 0.1) is 5.82 Å². The van der Waals surface area contributed by atoms with Crippen LogP contribution in [0.3, 0.4) is 0 Å². The maximum Gasteiger partial charge on any atom is 0.255 e. The van der Waals surface area contributed by atoms with Gasteiger partial charge in [-0.15, -0.1) is 0 Å². The summed E-state index contributed by atoms with van der Waals surface area (Å²) < 4.78 is 29.3. The lowest BCUT2D eigenvalue weighted by Gasteiger charge is -2.10. The lowest BCUT2D eigenvalue weighted by molar-refractivity contribution is -0.120. The number of carbonyl (C=O) groups excluding carboxylic acids is 2. The molecule has 8 heteroatoms. The summed E-state index contributed by atoms with van der Waals surface area (Å²) in [5.41, 5.74) is 6.34. The van der Waals surface area contributed by atoms with Crippen LogP contribution < -0.4 is 25.3 Å². The molecule has 0 aromatic heterocycles. The Hall–Kier alpha value is -4.33. The molecule has 2 amide bonds. The predicted molar refractivity (Wildman–Crippen MR) is 118 cm³/mol. The number of benzene rings is 3. The van der Waals surface area contributed by atoms with E-state index >= 15 is 0 Å². The van der Waals surface area contributed by atoms with Crippen LogP contribution in [-0.4, -0.2) is 25.5 Å². The number of nitrogens with two attached hydrogens (primary N) is 1. The number of ether oxygens (including phenoxy) is 3. The molecule has 3 aromatic rings. The van der Waals surface area contributed by atoms with Gasteiger partial charge in [0.05, 0.1) is 7.11 Å². The fourth-order valence-electron chi connectivity index (χ4n) is 2.68. The Kier molecular flexibility index (Phi) is 7.42. The van der Waals surface area contributed by atoms with Crippen molar-refractivity contribution in [3.63, 3.8) is 0 Å². The smallest absolute Gasteiger partial charge is 0.255 e. The van der Waals surface area contributed by atoms with Gasteiger partial charge in [0.2, 0.25) is 5.91 Å². The lowest BCUT2D eigenvalue weighted by Crippen LogP contribution is -2.20. The molecule has 0 saturated heterocycles. The summed E-state index contributed by atoms with van der Waals surface area (Å²) in [6, 6.07) is 17.5. The molecule has 0 aliphatic carbocycles. The monoisotopic (exact) mass is 436 g/mol. The van der Waals surface area contributed by atoms with Gasteiger partial charge >= 0.3 is 0 Å². The van der Waals surface area contributed by atoms with E-state index in [4.69, 9.17) is 19.9 Å². The average molecular weight is 436 g/mol. The molecule has 0 heterocycles. The highest BCUT2D eigenvalue weighted by atomic mass is 19.1. The summed E-state index contributed by atoms with van der Waals surface area (Å²) in [4.78, 5) is 23.1. The Labute approximate surface area is 184 Å². The molecule has 0 radical (unpaired) electrons. The molecule has 32 heavy (non-hydrogen) atoms. The minimum Gasteiger partial charge on any atom is -0.493 e. The van der Waals surface area contributed by atoms with E-state index in [1.807, 2.05) is 0 Å². The Morgan fingerprint density at radius 1 is 1.00 bits per heavy atom. The maximum absolute atomic E-state index is 13.2. The van der Waals surface area contributed by atoms with Crippen molar-refractivity contribution in [3.05, 3.63) is 84.2 Å². The molecule has 7 nitrogen and oxygen atoms in total. The van der Waals surface area contributed by atoms with Crippen molar-refractivity contribution in [1.29, 1.82) is 0 Å². The second-order valence-corrected chi connectivity index (χ2v) is 6.57. The van der Waals surface area contributed by atoms with E-state index in [2.05, 4.69) is 5.32 Å². The Morgan fingerprint density at radius 2 is 1.78 bits per heavy atom. The number of halogens is 1. The third kappa shape index (κ3) is 6.60. The van der Waals surface area contributed by atoms with Gasteiger partial charge in [0, 0.05) is 17.8 Å². The molecule has 0 aliphatic heterocycles.